The van der Waals surface area contributed by atoms with Crippen molar-refractivity contribution < 1.29 is 9.21 Å². The van der Waals surface area contributed by atoms with E-state index in [0.717, 1.165) is 25.0 Å². The van der Waals surface area contributed by atoms with E-state index in [4.69, 9.17) is 10.2 Å². The molecule has 2 unspecified atom stereocenters. The fourth-order valence-corrected chi connectivity index (χ4v) is 3.02. The number of carbonyl (C=O) groups is 1. The molecule has 1 heterocycles. The largest absolute Gasteiger partial charge is 0.452 e. The maximum absolute atomic E-state index is 12.3. The van der Waals surface area contributed by atoms with E-state index in [1.807, 2.05) is 19.2 Å². The van der Waals surface area contributed by atoms with Crippen molar-refractivity contribution in [3.8, 4) is 0 Å². The SMILES string of the molecule is CN(Cc1ccc(Br)o1)C(=O)C1CCCC1CN. The van der Waals surface area contributed by atoms with Crippen LogP contribution in [-0.2, 0) is 11.3 Å². The number of hydrogen-bond acceptors (Lipinski definition) is 3. The molecule has 0 aliphatic heterocycles. The molecule has 0 spiro atoms. The Bertz CT molecular complexity index is 419. The van der Waals surface area contributed by atoms with Gasteiger partial charge in [-0.2, -0.15) is 0 Å². The lowest BCUT2D eigenvalue weighted by Crippen LogP contribution is -2.36. The third-order valence-electron chi connectivity index (χ3n) is 3.68. The smallest absolute Gasteiger partial charge is 0.226 e. The van der Waals surface area contributed by atoms with E-state index < -0.39 is 0 Å². The van der Waals surface area contributed by atoms with Gasteiger partial charge < -0.3 is 15.1 Å². The molecule has 1 aromatic rings. The Morgan fingerprint density at radius 1 is 1.56 bits per heavy atom. The average Bonchev–Trinajstić information content (AvgIpc) is 2.96. The highest BCUT2D eigenvalue weighted by Gasteiger charge is 2.33. The van der Waals surface area contributed by atoms with Gasteiger partial charge in [-0.1, -0.05) is 6.42 Å². The van der Waals surface area contributed by atoms with Gasteiger partial charge in [-0.15, -0.1) is 0 Å². The number of rotatable bonds is 4. The summed E-state index contributed by atoms with van der Waals surface area (Å²) in [5.41, 5.74) is 5.72. The first kappa shape index (κ1) is 13.6. The van der Waals surface area contributed by atoms with Gasteiger partial charge >= 0.3 is 0 Å². The van der Waals surface area contributed by atoms with E-state index >= 15 is 0 Å². The summed E-state index contributed by atoms with van der Waals surface area (Å²) < 4.78 is 6.11. The molecule has 1 amide bonds. The molecule has 1 aliphatic rings. The number of furan rings is 1. The van der Waals surface area contributed by atoms with Gasteiger partial charge in [0.1, 0.15) is 5.76 Å². The second-order valence-electron chi connectivity index (χ2n) is 4.93. The van der Waals surface area contributed by atoms with Crippen molar-refractivity contribution in [1.29, 1.82) is 0 Å². The van der Waals surface area contributed by atoms with Crippen molar-refractivity contribution in [2.75, 3.05) is 13.6 Å². The van der Waals surface area contributed by atoms with Crippen LogP contribution in [0.4, 0.5) is 0 Å². The number of nitrogens with two attached hydrogens (primary N) is 1. The lowest BCUT2D eigenvalue weighted by Gasteiger charge is -2.23. The highest BCUT2D eigenvalue weighted by molar-refractivity contribution is 9.10. The van der Waals surface area contributed by atoms with Crippen LogP contribution in [0.5, 0.6) is 0 Å². The zero-order valence-corrected chi connectivity index (χ0v) is 12.1. The van der Waals surface area contributed by atoms with Gasteiger partial charge in [-0.05, 0) is 53.4 Å². The second-order valence-corrected chi connectivity index (χ2v) is 5.71. The van der Waals surface area contributed by atoms with Crippen LogP contribution in [0.25, 0.3) is 0 Å². The molecule has 0 radical (unpaired) electrons. The molecule has 0 aromatic carbocycles. The van der Waals surface area contributed by atoms with Gasteiger partial charge in [0.15, 0.2) is 4.67 Å². The van der Waals surface area contributed by atoms with Crippen molar-refractivity contribution in [3.63, 3.8) is 0 Å². The Hall–Kier alpha value is -0.810. The molecule has 1 aliphatic carbocycles. The summed E-state index contributed by atoms with van der Waals surface area (Å²) in [7, 11) is 1.82. The Morgan fingerprint density at radius 2 is 2.33 bits per heavy atom. The van der Waals surface area contributed by atoms with E-state index in [0.29, 0.717) is 23.7 Å². The van der Waals surface area contributed by atoms with Crippen LogP contribution in [0.2, 0.25) is 0 Å². The molecule has 1 fully saturated rings. The number of hydrogen-bond donors (Lipinski definition) is 1. The summed E-state index contributed by atoms with van der Waals surface area (Å²) in [5, 5.41) is 0. The lowest BCUT2D eigenvalue weighted by atomic mass is 9.95. The Balaban J connectivity index is 1.96. The first-order valence-electron chi connectivity index (χ1n) is 6.31. The highest BCUT2D eigenvalue weighted by atomic mass is 79.9. The molecule has 4 nitrogen and oxygen atoms in total. The minimum Gasteiger partial charge on any atom is -0.452 e. The number of amides is 1. The normalized spacial score (nSPS) is 23.3. The highest BCUT2D eigenvalue weighted by Crippen LogP contribution is 2.32. The first-order chi connectivity index (χ1) is 8.61. The summed E-state index contributed by atoms with van der Waals surface area (Å²) in [4.78, 5) is 14.1. The average molecular weight is 315 g/mol. The Labute approximate surface area is 116 Å². The monoisotopic (exact) mass is 314 g/mol. The van der Waals surface area contributed by atoms with E-state index in [9.17, 15) is 4.79 Å². The van der Waals surface area contributed by atoms with Crippen LogP contribution in [0, 0.1) is 11.8 Å². The molecule has 18 heavy (non-hydrogen) atoms. The van der Waals surface area contributed by atoms with Crippen LogP contribution in [0.1, 0.15) is 25.0 Å². The topological polar surface area (TPSA) is 59.5 Å². The molecule has 1 aromatic heterocycles. The van der Waals surface area contributed by atoms with E-state index in [1.54, 1.807) is 4.90 Å². The van der Waals surface area contributed by atoms with Crippen LogP contribution >= 0.6 is 15.9 Å². The van der Waals surface area contributed by atoms with Crippen LogP contribution in [-0.4, -0.2) is 24.4 Å². The van der Waals surface area contributed by atoms with Gasteiger partial charge in [0.25, 0.3) is 0 Å². The molecule has 5 heteroatoms. The van der Waals surface area contributed by atoms with Crippen LogP contribution in [0.15, 0.2) is 21.2 Å². The maximum Gasteiger partial charge on any atom is 0.226 e. The lowest BCUT2D eigenvalue weighted by molar-refractivity contribution is -0.136. The molecule has 100 valence electrons. The molecular formula is C13H19BrN2O2. The molecule has 2 atom stereocenters. The third kappa shape index (κ3) is 2.95. The van der Waals surface area contributed by atoms with Gasteiger partial charge in [-0.25, -0.2) is 0 Å². The minimum atomic E-state index is 0.0957. The number of carbonyl (C=O) groups excluding carboxylic acids is 1. The van der Waals surface area contributed by atoms with E-state index in [-0.39, 0.29) is 11.8 Å². The van der Waals surface area contributed by atoms with Gasteiger partial charge in [0.05, 0.1) is 6.54 Å². The zero-order valence-electron chi connectivity index (χ0n) is 10.6. The van der Waals surface area contributed by atoms with E-state index in [2.05, 4.69) is 15.9 Å². The maximum atomic E-state index is 12.3. The predicted octanol–water partition coefficient (Wildman–Crippen LogP) is 2.38. The predicted molar refractivity (Wildman–Crippen MR) is 72.8 cm³/mol. The minimum absolute atomic E-state index is 0.0957. The van der Waals surface area contributed by atoms with Gasteiger partial charge in [-0.3, -0.25) is 4.79 Å². The van der Waals surface area contributed by atoms with Crippen molar-refractivity contribution in [1.82, 2.24) is 4.90 Å². The van der Waals surface area contributed by atoms with Crippen molar-refractivity contribution in [3.05, 3.63) is 22.6 Å². The van der Waals surface area contributed by atoms with Crippen molar-refractivity contribution in [2.45, 2.75) is 25.8 Å². The molecule has 2 N–H and O–H groups in total. The standard InChI is InChI=1S/C13H19BrN2O2/c1-16(8-10-5-6-12(14)18-10)13(17)11-4-2-3-9(11)7-15/h5-6,9,11H,2-4,7-8,15H2,1H3. The van der Waals surface area contributed by atoms with Crippen molar-refractivity contribution >= 4 is 21.8 Å². The molecular weight excluding hydrogens is 296 g/mol. The summed E-state index contributed by atoms with van der Waals surface area (Å²) in [6, 6.07) is 3.72. The van der Waals surface area contributed by atoms with Crippen LogP contribution in [0.3, 0.4) is 0 Å². The molecule has 0 saturated heterocycles. The molecule has 0 bridgehead atoms. The fourth-order valence-electron chi connectivity index (χ4n) is 2.68. The van der Waals surface area contributed by atoms with Crippen molar-refractivity contribution in [2.24, 2.45) is 17.6 Å². The number of nitrogens with zero attached hydrogens (tertiary/aromatic N) is 1. The second kappa shape index (κ2) is 5.89. The quantitative estimate of drug-likeness (QED) is 0.928. The first-order valence-corrected chi connectivity index (χ1v) is 7.10. The number of halogens is 1. The van der Waals surface area contributed by atoms with E-state index in [1.165, 1.54) is 0 Å². The van der Waals surface area contributed by atoms with Gasteiger partial charge in [0, 0.05) is 13.0 Å². The Kier molecular flexibility index (Phi) is 4.45. The fraction of sp³-hybridized carbons (Fsp3) is 0.615. The van der Waals surface area contributed by atoms with Gasteiger partial charge in [0.2, 0.25) is 5.91 Å². The van der Waals surface area contributed by atoms with Crippen LogP contribution < -0.4 is 5.73 Å². The third-order valence-corrected chi connectivity index (χ3v) is 4.10. The summed E-state index contributed by atoms with van der Waals surface area (Å²) >= 11 is 3.26. The Morgan fingerprint density at radius 3 is 2.94 bits per heavy atom. The molecule has 1 saturated carbocycles. The summed E-state index contributed by atoms with van der Waals surface area (Å²) in [6.45, 7) is 1.12. The zero-order chi connectivity index (χ0) is 13.1. The summed E-state index contributed by atoms with van der Waals surface area (Å²) in [6.07, 6.45) is 3.15. The summed E-state index contributed by atoms with van der Waals surface area (Å²) in [5.74, 6) is 1.43. The molecule has 2 rings (SSSR count).